The van der Waals surface area contributed by atoms with Gasteiger partial charge in [0.1, 0.15) is 11.9 Å². The first-order valence-corrected chi connectivity index (χ1v) is 5.68. The predicted molar refractivity (Wildman–Crippen MR) is 70.6 cm³/mol. The van der Waals surface area contributed by atoms with Crippen LogP contribution in [-0.2, 0) is 0 Å². The summed E-state index contributed by atoms with van der Waals surface area (Å²) in [6.45, 7) is 0. The second-order valence-electron chi connectivity index (χ2n) is 3.73. The molecule has 0 aliphatic carbocycles. The Morgan fingerprint density at radius 3 is 2.47 bits per heavy atom. The van der Waals surface area contributed by atoms with Crippen molar-refractivity contribution in [1.82, 2.24) is 0 Å². The van der Waals surface area contributed by atoms with Crippen LogP contribution in [-0.4, -0.2) is 0 Å². The molecule has 0 amide bonds. The summed E-state index contributed by atoms with van der Waals surface area (Å²) in [5.41, 5.74) is 1.52. The zero-order valence-electron chi connectivity index (χ0n) is 9.61. The zero-order valence-corrected chi connectivity index (χ0v) is 10.4. The van der Waals surface area contributed by atoms with Crippen molar-refractivity contribution in [3.05, 3.63) is 58.4 Å². The first-order chi connectivity index (χ1) is 9.13. The Hall–Kier alpha value is -2.56. The van der Waals surface area contributed by atoms with Crippen molar-refractivity contribution in [3.63, 3.8) is 0 Å². The molecule has 2 aromatic rings. The van der Waals surface area contributed by atoms with Crippen molar-refractivity contribution < 1.29 is 4.39 Å². The number of hydrogen-bond acceptors (Lipinski definition) is 3. The minimum Gasteiger partial charge on any atom is -0.353 e. The van der Waals surface area contributed by atoms with Crippen molar-refractivity contribution >= 4 is 23.0 Å². The summed E-state index contributed by atoms with van der Waals surface area (Å²) in [6, 6.07) is 12.4. The van der Waals surface area contributed by atoms with E-state index in [0.717, 1.165) is 6.07 Å². The minimum atomic E-state index is -0.487. The summed E-state index contributed by atoms with van der Waals surface area (Å²) in [5, 5.41) is 21.1. The summed E-state index contributed by atoms with van der Waals surface area (Å²) >= 11 is 6.00. The molecule has 5 heteroatoms. The van der Waals surface area contributed by atoms with Gasteiger partial charge in [0.15, 0.2) is 0 Å². The van der Waals surface area contributed by atoms with Gasteiger partial charge in [-0.3, -0.25) is 0 Å². The van der Waals surface area contributed by atoms with Crippen molar-refractivity contribution in [2.24, 2.45) is 0 Å². The standard InChI is InChI=1S/C14H7ClFN3/c15-12-3-1-9(7-17)5-14(12)19-13-4-2-11(16)6-10(13)8-18/h1-6,19H. The molecule has 0 bridgehead atoms. The van der Waals surface area contributed by atoms with Gasteiger partial charge in [-0.2, -0.15) is 10.5 Å². The lowest BCUT2D eigenvalue weighted by molar-refractivity contribution is 0.627. The second kappa shape index (κ2) is 5.39. The molecule has 0 fully saturated rings. The third-order valence-electron chi connectivity index (χ3n) is 2.47. The summed E-state index contributed by atoms with van der Waals surface area (Å²) in [4.78, 5) is 0. The molecule has 0 heterocycles. The molecule has 2 rings (SSSR count). The van der Waals surface area contributed by atoms with Gasteiger partial charge in [0.05, 0.1) is 33.6 Å². The topological polar surface area (TPSA) is 59.6 Å². The first-order valence-electron chi connectivity index (χ1n) is 5.30. The summed E-state index contributed by atoms with van der Waals surface area (Å²) in [6.07, 6.45) is 0. The number of nitrogens with one attached hydrogen (secondary N) is 1. The van der Waals surface area contributed by atoms with Gasteiger partial charge in [-0.15, -0.1) is 0 Å². The summed E-state index contributed by atoms with van der Waals surface area (Å²) < 4.78 is 13.0. The van der Waals surface area contributed by atoms with Crippen LogP contribution in [0.3, 0.4) is 0 Å². The van der Waals surface area contributed by atoms with Gasteiger partial charge < -0.3 is 5.32 Å². The molecule has 19 heavy (non-hydrogen) atoms. The van der Waals surface area contributed by atoms with Crippen LogP contribution in [0.1, 0.15) is 11.1 Å². The molecule has 2 aromatic carbocycles. The SMILES string of the molecule is N#Cc1ccc(Cl)c(Nc2ccc(F)cc2C#N)c1. The number of nitrogens with zero attached hydrogens (tertiary/aromatic N) is 2. The molecule has 0 saturated carbocycles. The van der Waals surface area contributed by atoms with E-state index in [9.17, 15) is 4.39 Å². The van der Waals surface area contributed by atoms with E-state index >= 15 is 0 Å². The van der Waals surface area contributed by atoms with Gasteiger partial charge in [-0.1, -0.05) is 11.6 Å². The van der Waals surface area contributed by atoms with E-state index in [2.05, 4.69) is 5.32 Å². The van der Waals surface area contributed by atoms with E-state index < -0.39 is 5.82 Å². The van der Waals surface area contributed by atoms with Crippen molar-refractivity contribution in [3.8, 4) is 12.1 Å². The van der Waals surface area contributed by atoms with E-state index in [1.165, 1.54) is 12.1 Å². The summed E-state index contributed by atoms with van der Waals surface area (Å²) in [7, 11) is 0. The monoisotopic (exact) mass is 271 g/mol. The molecule has 0 unspecified atom stereocenters. The Balaban J connectivity index is 2.42. The fourth-order valence-corrected chi connectivity index (χ4v) is 1.72. The van der Waals surface area contributed by atoms with Crippen molar-refractivity contribution in [2.45, 2.75) is 0 Å². The lowest BCUT2D eigenvalue weighted by Crippen LogP contribution is -1.95. The van der Waals surface area contributed by atoms with Gasteiger partial charge >= 0.3 is 0 Å². The molecule has 0 aliphatic rings. The van der Waals surface area contributed by atoms with Gasteiger partial charge in [-0.25, -0.2) is 4.39 Å². The number of anilines is 2. The highest BCUT2D eigenvalue weighted by atomic mass is 35.5. The van der Waals surface area contributed by atoms with Crippen LogP contribution in [0.5, 0.6) is 0 Å². The molecule has 0 radical (unpaired) electrons. The summed E-state index contributed by atoms with van der Waals surface area (Å²) in [5.74, 6) is -0.487. The van der Waals surface area contributed by atoms with Crippen LogP contribution in [0.25, 0.3) is 0 Å². The van der Waals surface area contributed by atoms with Crippen LogP contribution in [0.15, 0.2) is 36.4 Å². The fourth-order valence-electron chi connectivity index (χ4n) is 1.55. The van der Waals surface area contributed by atoms with E-state index in [-0.39, 0.29) is 5.56 Å². The Labute approximate surface area is 114 Å². The molecule has 0 saturated heterocycles. The molecule has 3 nitrogen and oxygen atoms in total. The second-order valence-corrected chi connectivity index (χ2v) is 4.14. The highest BCUT2D eigenvalue weighted by Crippen LogP contribution is 2.28. The largest absolute Gasteiger partial charge is 0.353 e. The number of hydrogen-bond donors (Lipinski definition) is 1. The van der Waals surface area contributed by atoms with Crippen LogP contribution in [0.2, 0.25) is 5.02 Å². The molecule has 0 spiro atoms. The lowest BCUT2D eigenvalue weighted by atomic mass is 10.1. The Kier molecular flexibility index (Phi) is 3.66. The van der Waals surface area contributed by atoms with E-state index in [1.807, 2.05) is 12.1 Å². The van der Waals surface area contributed by atoms with Crippen LogP contribution in [0, 0.1) is 28.5 Å². The predicted octanol–water partition coefficient (Wildman–Crippen LogP) is 3.97. The maximum absolute atomic E-state index is 13.0. The quantitative estimate of drug-likeness (QED) is 0.899. The normalized spacial score (nSPS) is 9.47. The third-order valence-corrected chi connectivity index (χ3v) is 2.80. The van der Waals surface area contributed by atoms with Gasteiger partial charge in [-0.05, 0) is 36.4 Å². The van der Waals surface area contributed by atoms with E-state index in [1.54, 1.807) is 18.2 Å². The number of nitriles is 2. The third kappa shape index (κ3) is 2.82. The molecule has 92 valence electrons. The average molecular weight is 272 g/mol. The molecular weight excluding hydrogens is 265 g/mol. The molecule has 0 aromatic heterocycles. The van der Waals surface area contributed by atoms with Gasteiger partial charge in [0, 0.05) is 0 Å². The molecular formula is C14H7ClFN3. The van der Waals surface area contributed by atoms with Crippen LogP contribution < -0.4 is 5.32 Å². The highest BCUT2D eigenvalue weighted by Gasteiger charge is 2.07. The van der Waals surface area contributed by atoms with E-state index in [0.29, 0.717) is 22.0 Å². The number of benzene rings is 2. The highest BCUT2D eigenvalue weighted by molar-refractivity contribution is 6.33. The first kappa shape index (κ1) is 12.9. The Morgan fingerprint density at radius 2 is 1.79 bits per heavy atom. The fraction of sp³-hybridized carbons (Fsp3) is 0. The lowest BCUT2D eigenvalue weighted by Gasteiger charge is -2.10. The van der Waals surface area contributed by atoms with Gasteiger partial charge in [0.2, 0.25) is 0 Å². The Morgan fingerprint density at radius 1 is 1.00 bits per heavy atom. The van der Waals surface area contributed by atoms with E-state index in [4.69, 9.17) is 22.1 Å². The minimum absolute atomic E-state index is 0.165. The smallest absolute Gasteiger partial charge is 0.124 e. The molecule has 1 N–H and O–H groups in total. The number of rotatable bonds is 2. The Bertz CT molecular complexity index is 714. The maximum atomic E-state index is 13.0. The van der Waals surface area contributed by atoms with Crippen LogP contribution >= 0.6 is 11.6 Å². The number of halogens is 2. The van der Waals surface area contributed by atoms with Crippen molar-refractivity contribution in [1.29, 1.82) is 10.5 Å². The average Bonchev–Trinajstić information content (AvgIpc) is 2.43. The van der Waals surface area contributed by atoms with Crippen LogP contribution in [0.4, 0.5) is 15.8 Å². The van der Waals surface area contributed by atoms with Gasteiger partial charge in [0.25, 0.3) is 0 Å². The van der Waals surface area contributed by atoms with Crippen molar-refractivity contribution in [2.75, 3.05) is 5.32 Å². The molecule has 0 aliphatic heterocycles. The maximum Gasteiger partial charge on any atom is 0.124 e. The molecule has 0 atom stereocenters. The zero-order chi connectivity index (χ0) is 13.8.